The molecule has 3 rings (SSSR count). The van der Waals surface area contributed by atoms with Crippen molar-refractivity contribution < 1.29 is 4.74 Å². The molecular formula is C13H24N2O. The van der Waals surface area contributed by atoms with Crippen LogP contribution in [-0.4, -0.2) is 48.8 Å². The van der Waals surface area contributed by atoms with Crippen LogP contribution >= 0.6 is 0 Å². The Hall–Kier alpha value is -0.120. The Bertz CT molecular complexity index is 228. The van der Waals surface area contributed by atoms with E-state index >= 15 is 0 Å². The molecule has 0 amide bonds. The Morgan fingerprint density at radius 3 is 2.44 bits per heavy atom. The first-order valence-electron chi connectivity index (χ1n) is 6.96. The molecule has 92 valence electrons. The van der Waals surface area contributed by atoms with Crippen molar-refractivity contribution >= 4 is 0 Å². The van der Waals surface area contributed by atoms with Crippen LogP contribution in [0.2, 0.25) is 0 Å². The number of nitrogens with one attached hydrogen (secondary N) is 1. The molecule has 2 bridgehead atoms. The van der Waals surface area contributed by atoms with E-state index in [2.05, 4.69) is 17.1 Å². The summed E-state index contributed by atoms with van der Waals surface area (Å²) in [6.45, 7) is 5.44. The van der Waals surface area contributed by atoms with Crippen LogP contribution in [0.25, 0.3) is 0 Å². The zero-order valence-electron chi connectivity index (χ0n) is 10.3. The highest BCUT2D eigenvalue weighted by Gasteiger charge is 2.38. The molecule has 0 aromatic heterocycles. The first-order valence-corrected chi connectivity index (χ1v) is 6.96. The Labute approximate surface area is 98.5 Å². The minimum absolute atomic E-state index is 0.701. The molecule has 0 aromatic carbocycles. The topological polar surface area (TPSA) is 24.5 Å². The highest BCUT2D eigenvalue weighted by Crippen LogP contribution is 2.31. The highest BCUT2D eigenvalue weighted by molar-refractivity contribution is 4.97. The third-order valence-electron chi connectivity index (χ3n) is 4.66. The Kier molecular flexibility index (Phi) is 3.18. The van der Waals surface area contributed by atoms with Gasteiger partial charge in [0.15, 0.2) is 0 Å². The number of hydrogen-bond donors (Lipinski definition) is 1. The highest BCUT2D eigenvalue weighted by atomic mass is 16.5. The van der Waals surface area contributed by atoms with Gasteiger partial charge in [0.2, 0.25) is 0 Å². The average molecular weight is 224 g/mol. The summed E-state index contributed by atoms with van der Waals surface area (Å²) < 4.78 is 5.54. The van der Waals surface area contributed by atoms with E-state index < -0.39 is 0 Å². The Morgan fingerprint density at radius 2 is 1.88 bits per heavy atom. The van der Waals surface area contributed by atoms with Crippen molar-refractivity contribution in [3.8, 4) is 0 Å². The van der Waals surface area contributed by atoms with Gasteiger partial charge in [0.05, 0.1) is 6.61 Å². The second kappa shape index (κ2) is 4.63. The normalized spacial score (nSPS) is 43.1. The van der Waals surface area contributed by atoms with Crippen LogP contribution in [0.5, 0.6) is 0 Å². The van der Waals surface area contributed by atoms with E-state index in [1.165, 1.54) is 38.6 Å². The fourth-order valence-corrected chi connectivity index (χ4v) is 3.90. The number of fused-ring (bicyclic) bond motifs is 2. The summed E-state index contributed by atoms with van der Waals surface area (Å²) in [5, 5.41) is 3.73. The predicted molar refractivity (Wildman–Crippen MR) is 64.6 cm³/mol. The first-order chi connectivity index (χ1) is 7.86. The van der Waals surface area contributed by atoms with Crippen molar-refractivity contribution in [1.29, 1.82) is 0 Å². The van der Waals surface area contributed by atoms with Crippen LogP contribution in [0.15, 0.2) is 0 Å². The number of hydrogen-bond acceptors (Lipinski definition) is 3. The molecule has 3 unspecified atom stereocenters. The van der Waals surface area contributed by atoms with Crippen molar-refractivity contribution in [1.82, 2.24) is 10.2 Å². The van der Waals surface area contributed by atoms with Gasteiger partial charge in [-0.05, 0) is 38.6 Å². The smallest absolute Gasteiger partial charge is 0.0622 e. The van der Waals surface area contributed by atoms with Crippen molar-refractivity contribution in [3.63, 3.8) is 0 Å². The van der Waals surface area contributed by atoms with Crippen LogP contribution in [-0.2, 0) is 4.74 Å². The van der Waals surface area contributed by atoms with E-state index in [0.29, 0.717) is 6.04 Å². The molecule has 3 aliphatic heterocycles. The lowest BCUT2D eigenvalue weighted by Crippen LogP contribution is -2.51. The molecule has 3 atom stereocenters. The lowest BCUT2D eigenvalue weighted by atomic mass is 9.96. The summed E-state index contributed by atoms with van der Waals surface area (Å²) in [5.74, 6) is 0. The molecule has 0 radical (unpaired) electrons. The number of likely N-dealkylation sites (N-methyl/N-ethyl adjacent to an activating group) is 1. The molecule has 0 saturated carbocycles. The van der Waals surface area contributed by atoms with Gasteiger partial charge in [0, 0.05) is 30.8 Å². The van der Waals surface area contributed by atoms with Crippen LogP contribution < -0.4 is 5.32 Å². The largest absolute Gasteiger partial charge is 0.380 e. The summed E-state index contributed by atoms with van der Waals surface area (Å²) >= 11 is 0. The molecule has 16 heavy (non-hydrogen) atoms. The maximum Gasteiger partial charge on any atom is 0.0622 e. The lowest BCUT2D eigenvalue weighted by Gasteiger charge is -2.40. The van der Waals surface area contributed by atoms with Crippen LogP contribution in [0, 0.1) is 0 Å². The SMILES string of the molecule is CCN(C1CCOC1)C1CC2CCC(C1)N2. The van der Waals surface area contributed by atoms with Gasteiger partial charge < -0.3 is 10.1 Å². The van der Waals surface area contributed by atoms with Gasteiger partial charge >= 0.3 is 0 Å². The molecule has 3 fully saturated rings. The van der Waals surface area contributed by atoms with E-state index in [1.807, 2.05) is 0 Å². The third kappa shape index (κ3) is 2.01. The Balaban J connectivity index is 1.65. The second-order valence-corrected chi connectivity index (χ2v) is 5.61. The molecule has 0 spiro atoms. The monoisotopic (exact) mass is 224 g/mol. The van der Waals surface area contributed by atoms with Gasteiger partial charge in [-0.2, -0.15) is 0 Å². The summed E-state index contributed by atoms with van der Waals surface area (Å²) in [7, 11) is 0. The minimum atomic E-state index is 0.701. The van der Waals surface area contributed by atoms with Gasteiger partial charge in [0.25, 0.3) is 0 Å². The number of piperidine rings is 1. The van der Waals surface area contributed by atoms with Gasteiger partial charge in [-0.15, -0.1) is 0 Å². The standard InChI is InChI=1S/C13H24N2O/c1-2-15(12-5-6-16-9-12)13-7-10-3-4-11(8-13)14-10/h10-14H,2-9H2,1H3. The fourth-order valence-electron chi connectivity index (χ4n) is 3.90. The summed E-state index contributed by atoms with van der Waals surface area (Å²) in [4.78, 5) is 2.72. The van der Waals surface area contributed by atoms with E-state index in [1.54, 1.807) is 0 Å². The van der Waals surface area contributed by atoms with Crippen LogP contribution in [0.1, 0.15) is 39.0 Å². The van der Waals surface area contributed by atoms with Crippen LogP contribution in [0.3, 0.4) is 0 Å². The van der Waals surface area contributed by atoms with Gasteiger partial charge in [0.1, 0.15) is 0 Å². The molecule has 3 aliphatic rings. The second-order valence-electron chi connectivity index (χ2n) is 5.61. The third-order valence-corrected chi connectivity index (χ3v) is 4.66. The van der Waals surface area contributed by atoms with E-state index in [9.17, 15) is 0 Å². The van der Waals surface area contributed by atoms with E-state index in [-0.39, 0.29) is 0 Å². The average Bonchev–Trinajstić information content (AvgIpc) is 2.90. The first kappa shape index (κ1) is 11.0. The molecule has 1 N–H and O–H groups in total. The van der Waals surface area contributed by atoms with E-state index in [4.69, 9.17) is 4.74 Å². The molecule has 0 aliphatic carbocycles. The predicted octanol–water partition coefficient (Wildman–Crippen LogP) is 1.38. The van der Waals surface area contributed by atoms with Gasteiger partial charge in [-0.25, -0.2) is 0 Å². The van der Waals surface area contributed by atoms with E-state index in [0.717, 1.165) is 31.3 Å². The summed E-state index contributed by atoms with van der Waals surface area (Å²) in [6, 6.07) is 3.13. The van der Waals surface area contributed by atoms with Crippen LogP contribution in [0.4, 0.5) is 0 Å². The van der Waals surface area contributed by atoms with Crippen molar-refractivity contribution in [2.24, 2.45) is 0 Å². The zero-order chi connectivity index (χ0) is 11.0. The molecule has 3 nitrogen and oxygen atoms in total. The van der Waals surface area contributed by atoms with Crippen molar-refractivity contribution in [3.05, 3.63) is 0 Å². The molecule has 3 heterocycles. The lowest BCUT2D eigenvalue weighted by molar-refractivity contribution is 0.0854. The minimum Gasteiger partial charge on any atom is -0.380 e. The Morgan fingerprint density at radius 1 is 1.12 bits per heavy atom. The maximum atomic E-state index is 5.54. The van der Waals surface area contributed by atoms with Gasteiger partial charge in [-0.3, -0.25) is 4.90 Å². The number of ether oxygens (including phenoxy) is 1. The maximum absolute atomic E-state index is 5.54. The zero-order valence-corrected chi connectivity index (χ0v) is 10.3. The molecule has 3 heteroatoms. The quantitative estimate of drug-likeness (QED) is 0.784. The molecule has 0 aromatic rings. The fraction of sp³-hybridized carbons (Fsp3) is 1.00. The molecular weight excluding hydrogens is 200 g/mol. The van der Waals surface area contributed by atoms with Gasteiger partial charge in [-0.1, -0.05) is 6.92 Å². The number of nitrogens with zero attached hydrogens (tertiary/aromatic N) is 1. The molecule has 3 saturated heterocycles. The van der Waals surface area contributed by atoms with Crippen molar-refractivity contribution in [2.75, 3.05) is 19.8 Å². The number of rotatable bonds is 3. The summed E-state index contributed by atoms with van der Waals surface area (Å²) in [6.07, 6.45) is 6.77. The van der Waals surface area contributed by atoms with Crippen molar-refractivity contribution in [2.45, 2.75) is 63.2 Å². The summed E-state index contributed by atoms with van der Waals surface area (Å²) in [5.41, 5.74) is 0.